The molecule has 31 heavy (non-hydrogen) atoms. The third kappa shape index (κ3) is 3.78. The van der Waals surface area contributed by atoms with Crippen LogP contribution in [0.3, 0.4) is 0 Å². The van der Waals surface area contributed by atoms with Crippen LogP contribution in [-0.2, 0) is 17.4 Å². The molecule has 0 radical (unpaired) electrons. The number of hydrogen-bond acceptors (Lipinski definition) is 3. The first-order valence-corrected chi connectivity index (χ1v) is 14.6. The third-order valence-electron chi connectivity index (χ3n) is 8.21. The highest BCUT2D eigenvalue weighted by atomic mass is 28.4. The first-order valence-electron chi connectivity index (χ1n) is 11.7. The van der Waals surface area contributed by atoms with E-state index in [1.165, 1.54) is 11.1 Å². The van der Waals surface area contributed by atoms with Crippen LogP contribution in [0.15, 0.2) is 54.9 Å². The molecule has 0 aliphatic heterocycles. The lowest BCUT2D eigenvalue weighted by Gasteiger charge is -2.49. The third-order valence-corrected chi connectivity index (χ3v) is 12.6. The van der Waals surface area contributed by atoms with Crippen molar-refractivity contribution >= 4 is 8.32 Å². The maximum absolute atomic E-state index is 11.4. The summed E-state index contributed by atoms with van der Waals surface area (Å²) >= 11 is 0. The highest BCUT2D eigenvalue weighted by molar-refractivity contribution is 6.74. The molecule has 0 unspecified atom stereocenters. The Morgan fingerprint density at radius 3 is 2.61 bits per heavy atom. The van der Waals surface area contributed by atoms with E-state index in [1.54, 1.807) is 12.4 Å². The Labute approximate surface area is 188 Å². The van der Waals surface area contributed by atoms with Gasteiger partial charge in [0, 0.05) is 23.4 Å². The lowest BCUT2D eigenvalue weighted by atomic mass is 9.56. The molecule has 0 saturated heterocycles. The zero-order valence-corrected chi connectivity index (χ0v) is 20.9. The minimum Gasteiger partial charge on any atom is -0.543 e. The summed E-state index contributed by atoms with van der Waals surface area (Å²) < 4.78 is 6.60. The van der Waals surface area contributed by atoms with Gasteiger partial charge in [-0.3, -0.25) is 4.98 Å². The molecule has 3 nitrogen and oxygen atoms in total. The fourth-order valence-corrected chi connectivity index (χ4v) is 6.24. The molecule has 0 spiro atoms. The number of aliphatic hydroxyl groups is 1. The number of nitrogens with zero attached hydrogens (tertiary/aromatic N) is 1. The highest BCUT2D eigenvalue weighted by Crippen LogP contribution is 2.53. The minimum absolute atomic E-state index is 0.0163. The maximum atomic E-state index is 11.4. The quantitative estimate of drug-likeness (QED) is 0.439. The van der Waals surface area contributed by atoms with Crippen molar-refractivity contribution in [2.24, 2.45) is 5.92 Å². The number of aryl methyl sites for hydroxylation is 1. The van der Waals surface area contributed by atoms with E-state index in [0.29, 0.717) is 5.92 Å². The van der Waals surface area contributed by atoms with E-state index in [9.17, 15) is 5.11 Å². The molecule has 1 aromatic heterocycles. The van der Waals surface area contributed by atoms with Crippen LogP contribution in [0.1, 0.15) is 63.6 Å². The van der Waals surface area contributed by atoms with E-state index < -0.39 is 13.9 Å². The second kappa shape index (κ2) is 7.60. The van der Waals surface area contributed by atoms with Crippen molar-refractivity contribution in [3.05, 3.63) is 71.6 Å². The molecule has 2 aromatic rings. The van der Waals surface area contributed by atoms with Crippen LogP contribution in [-0.4, -0.2) is 18.4 Å². The summed E-state index contributed by atoms with van der Waals surface area (Å²) in [5.41, 5.74) is 2.77. The highest BCUT2D eigenvalue weighted by Gasteiger charge is 2.48. The lowest BCUT2D eigenvalue weighted by Crippen LogP contribution is -2.45. The molecule has 0 saturated carbocycles. The van der Waals surface area contributed by atoms with E-state index in [0.717, 1.165) is 37.0 Å². The molecule has 0 fully saturated rings. The summed E-state index contributed by atoms with van der Waals surface area (Å²) in [5, 5.41) is 11.6. The Hall–Kier alpha value is -1.91. The number of pyridine rings is 1. The number of hydrogen-bond donors (Lipinski definition) is 1. The first-order chi connectivity index (χ1) is 14.5. The molecular weight excluding hydrogens is 398 g/mol. The van der Waals surface area contributed by atoms with Crippen LogP contribution in [0.5, 0.6) is 5.75 Å². The number of rotatable bonds is 4. The second-order valence-corrected chi connectivity index (χ2v) is 15.7. The second-order valence-electron chi connectivity index (χ2n) is 11.0. The van der Waals surface area contributed by atoms with Crippen LogP contribution >= 0.6 is 0 Å². The summed E-state index contributed by atoms with van der Waals surface area (Å²) in [6, 6.07) is 10.7. The van der Waals surface area contributed by atoms with Crippen molar-refractivity contribution in [1.82, 2.24) is 4.98 Å². The van der Waals surface area contributed by atoms with E-state index in [2.05, 4.69) is 70.0 Å². The average Bonchev–Trinajstić information content (AvgIpc) is 2.73. The fourth-order valence-electron chi connectivity index (χ4n) is 5.22. The van der Waals surface area contributed by atoms with Gasteiger partial charge in [-0.05, 0) is 79.1 Å². The van der Waals surface area contributed by atoms with Gasteiger partial charge in [0.15, 0.2) is 0 Å². The summed E-state index contributed by atoms with van der Waals surface area (Å²) in [7, 11) is -1.86. The Balaban J connectivity index is 1.69. The summed E-state index contributed by atoms with van der Waals surface area (Å²) in [6.45, 7) is 13.7. The van der Waals surface area contributed by atoms with Gasteiger partial charge < -0.3 is 9.53 Å². The standard InChI is InChI=1S/C27H37NO2Si/c1-7-26-14-15-27(29,22-9-8-16-28-19-22)18-21(26)11-10-20-17-23(12-13-24(20)26)30-31(5,6)25(2,3)4/h8-9,12-17,19,21,29H,7,10-11,18H2,1-6H3/t21-,26-,27-/m1/s1. The zero-order valence-electron chi connectivity index (χ0n) is 19.9. The molecule has 3 atom stereocenters. The average molecular weight is 436 g/mol. The van der Waals surface area contributed by atoms with Crippen molar-refractivity contribution in [2.75, 3.05) is 0 Å². The Morgan fingerprint density at radius 1 is 1.19 bits per heavy atom. The van der Waals surface area contributed by atoms with Crippen molar-refractivity contribution in [3.8, 4) is 5.75 Å². The van der Waals surface area contributed by atoms with Gasteiger partial charge in [-0.1, -0.05) is 52.0 Å². The van der Waals surface area contributed by atoms with Crippen LogP contribution < -0.4 is 4.43 Å². The van der Waals surface area contributed by atoms with Gasteiger partial charge >= 0.3 is 0 Å². The molecular formula is C27H37NO2Si. The molecule has 4 rings (SSSR count). The predicted molar refractivity (Wildman–Crippen MR) is 130 cm³/mol. The van der Waals surface area contributed by atoms with E-state index in [-0.39, 0.29) is 10.5 Å². The molecule has 1 aromatic carbocycles. The summed E-state index contributed by atoms with van der Waals surface area (Å²) in [6.07, 6.45) is 11.8. The summed E-state index contributed by atoms with van der Waals surface area (Å²) in [5.74, 6) is 1.43. The topological polar surface area (TPSA) is 42.4 Å². The van der Waals surface area contributed by atoms with Crippen molar-refractivity contribution < 1.29 is 9.53 Å². The monoisotopic (exact) mass is 435 g/mol. The van der Waals surface area contributed by atoms with Crippen LogP contribution in [0.4, 0.5) is 0 Å². The van der Waals surface area contributed by atoms with Gasteiger partial charge in [0.2, 0.25) is 8.32 Å². The van der Waals surface area contributed by atoms with Gasteiger partial charge in [0.05, 0.1) is 0 Å². The smallest absolute Gasteiger partial charge is 0.250 e. The summed E-state index contributed by atoms with van der Waals surface area (Å²) in [4.78, 5) is 4.23. The Bertz CT molecular complexity index is 978. The Kier molecular flexibility index (Phi) is 5.46. The largest absolute Gasteiger partial charge is 0.543 e. The van der Waals surface area contributed by atoms with Crippen molar-refractivity contribution in [1.29, 1.82) is 0 Å². The molecule has 0 bridgehead atoms. The number of fused-ring (bicyclic) bond motifs is 3. The normalized spacial score (nSPS) is 28.0. The zero-order chi connectivity index (χ0) is 22.5. The molecule has 4 heteroatoms. The predicted octanol–water partition coefficient (Wildman–Crippen LogP) is 6.52. The molecule has 166 valence electrons. The maximum Gasteiger partial charge on any atom is 0.250 e. The van der Waals surface area contributed by atoms with E-state index in [1.807, 2.05) is 18.2 Å². The van der Waals surface area contributed by atoms with Crippen LogP contribution in [0.2, 0.25) is 18.1 Å². The van der Waals surface area contributed by atoms with Crippen molar-refractivity contribution in [2.45, 2.75) is 82.5 Å². The van der Waals surface area contributed by atoms with Gasteiger partial charge in [0.25, 0.3) is 0 Å². The molecule has 0 amide bonds. The molecule has 2 aliphatic rings. The van der Waals surface area contributed by atoms with Gasteiger partial charge in [0.1, 0.15) is 11.4 Å². The SMILES string of the molecule is CC[C@@]12C=C[C@](O)(c3cccnc3)C[C@H]1CCc1cc(O[Si](C)(C)C(C)(C)C)ccc12. The van der Waals surface area contributed by atoms with Crippen LogP contribution in [0, 0.1) is 5.92 Å². The molecule has 2 aliphatic carbocycles. The molecule has 1 N–H and O–H groups in total. The van der Waals surface area contributed by atoms with Crippen LogP contribution in [0.25, 0.3) is 0 Å². The minimum atomic E-state index is -1.86. The number of benzene rings is 1. The van der Waals surface area contributed by atoms with Crippen molar-refractivity contribution in [3.63, 3.8) is 0 Å². The lowest BCUT2D eigenvalue weighted by molar-refractivity contribution is 0.0291. The number of allylic oxidation sites excluding steroid dienone is 1. The van der Waals surface area contributed by atoms with Gasteiger partial charge in [-0.15, -0.1) is 0 Å². The van der Waals surface area contributed by atoms with Gasteiger partial charge in [-0.25, -0.2) is 0 Å². The van der Waals surface area contributed by atoms with Gasteiger partial charge in [-0.2, -0.15) is 0 Å². The number of aromatic nitrogens is 1. The Morgan fingerprint density at radius 2 is 1.97 bits per heavy atom. The van der Waals surface area contributed by atoms with E-state index >= 15 is 0 Å². The van der Waals surface area contributed by atoms with E-state index in [4.69, 9.17) is 4.43 Å². The fraction of sp³-hybridized carbons (Fsp3) is 0.519. The molecule has 1 heterocycles. The first kappa shape index (κ1) is 22.3.